The molecule has 1 aromatic heterocycles. The van der Waals surface area contributed by atoms with Crippen LogP contribution in [-0.4, -0.2) is 47.4 Å². The summed E-state index contributed by atoms with van der Waals surface area (Å²) in [7, 11) is 0. The lowest BCUT2D eigenvalue weighted by Gasteiger charge is -2.26. The molecule has 1 saturated heterocycles. The van der Waals surface area contributed by atoms with E-state index >= 15 is 0 Å². The van der Waals surface area contributed by atoms with Gasteiger partial charge in [0, 0.05) is 18.5 Å². The monoisotopic (exact) mass is 258 g/mol. The molecule has 1 aromatic rings. The molecule has 94 valence electrons. The Morgan fingerprint density at radius 1 is 1.65 bits per heavy atom. The van der Waals surface area contributed by atoms with Gasteiger partial charge in [-0.1, -0.05) is 0 Å². The van der Waals surface area contributed by atoms with Gasteiger partial charge in [-0.05, 0) is 0 Å². The molecule has 4 N–H and O–H groups in total. The maximum absolute atomic E-state index is 10.7. The predicted octanol–water partition coefficient (Wildman–Crippen LogP) is -0.113. The van der Waals surface area contributed by atoms with E-state index in [0.29, 0.717) is 24.0 Å². The molecule has 7 nitrogen and oxygen atoms in total. The predicted molar refractivity (Wildman–Crippen MR) is 62.7 cm³/mol. The van der Waals surface area contributed by atoms with Gasteiger partial charge in [0.05, 0.1) is 18.9 Å². The first kappa shape index (κ1) is 12.2. The van der Waals surface area contributed by atoms with Crippen molar-refractivity contribution < 1.29 is 14.6 Å². The van der Waals surface area contributed by atoms with Crippen LogP contribution in [0.1, 0.15) is 11.7 Å². The van der Waals surface area contributed by atoms with E-state index in [1.54, 1.807) is 5.38 Å². The van der Waals surface area contributed by atoms with E-state index in [0.717, 1.165) is 13.1 Å². The van der Waals surface area contributed by atoms with Crippen LogP contribution in [0.3, 0.4) is 0 Å². The Morgan fingerprint density at radius 3 is 3.00 bits per heavy atom. The molecule has 0 aliphatic carbocycles. The summed E-state index contributed by atoms with van der Waals surface area (Å²) < 4.78 is 5.22. The Kier molecular flexibility index (Phi) is 3.89. The molecule has 2 heterocycles. The largest absolute Gasteiger partial charge is 0.480 e. The maximum atomic E-state index is 10.7. The number of aliphatic carboxylic acids is 1. The van der Waals surface area contributed by atoms with Crippen LogP contribution in [0.2, 0.25) is 0 Å². The average molecular weight is 258 g/mol. The molecule has 0 radical (unpaired) electrons. The zero-order valence-electron chi connectivity index (χ0n) is 9.13. The molecule has 2 rings (SSSR count). The van der Waals surface area contributed by atoms with E-state index in [2.05, 4.69) is 10.4 Å². The summed E-state index contributed by atoms with van der Waals surface area (Å²) in [6.07, 6.45) is 0. The molecule has 8 heteroatoms. The SMILES string of the molecule is NC(C(=O)O)c1csc(NN2CCOCC2)n1. The number of hydrazine groups is 1. The number of hydrogen-bond acceptors (Lipinski definition) is 7. The molecule has 1 aliphatic heterocycles. The van der Waals surface area contributed by atoms with Crippen LogP contribution in [0, 0.1) is 0 Å². The van der Waals surface area contributed by atoms with Crippen LogP contribution in [0.25, 0.3) is 0 Å². The minimum atomic E-state index is -1.08. The van der Waals surface area contributed by atoms with Gasteiger partial charge in [-0.3, -0.25) is 10.2 Å². The number of thiazole rings is 1. The van der Waals surface area contributed by atoms with E-state index < -0.39 is 12.0 Å². The third kappa shape index (κ3) is 3.13. The quantitative estimate of drug-likeness (QED) is 0.692. The van der Waals surface area contributed by atoms with E-state index in [-0.39, 0.29) is 0 Å². The van der Waals surface area contributed by atoms with Crippen molar-refractivity contribution in [2.24, 2.45) is 5.73 Å². The van der Waals surface area contributed by atoms with Crippen LogP contribution < -0.4 is 11.2 Å². The number of aromatic nitrogens is 1. The van der Waals surface area contributed by atoms with Gasteiger partial charge in [-0.25, -0.2) is 9.99 Å². The molecule has 0 amide bonds. The number of nitrogens with one attached hydrogen (secondary N) is 1. The molecule has 17 heavy (non-hydrogen) atoms. The summed E-state index contributed by atoms with van der Waals surface area (Å²) in [4.78, 5) is 14.8. The zero-order valence-corrected chi connectivity index (χ0v) is 9.94. The van der Waals surface area contributed by atoms with E-state index in [9.17, 15) is 4.79 Å². The molecule has 0 spiro atoms. The van der Waals surface area contributed by atoms with Crippen molar-refractivity contribution in [3.05, 3.63) is 11.1 Å². The number of hydrogen-bond donors (Lipinski definition) is 3. The first-order valence-corrected chi connectivity index (χ1v) is 6.08. The number of rotatable bonds is 4. The Morgan fingerprint density at radius 2 is 2.35 bits per heavy atom. The Labute approximate surface area is 102 Å². The first-order chi connectivity index (χ1) is 8.16. The average Bonchev–Trinajstić information content (AvgIpc) is 2.77. The van der Waals surface area contributed by atoms with Crippen LogP contribution in [0.4, 0.5) is 5.13 Å². The second-order valence-electron chi connectivity index (χ2n) is 3.60. The summed E-state index contributed by atoms with van der Waals surface area (Å²) in [5.74, 6) is -1.08. The van der Waals surface area contributed by atoms with Crippen molar-refractivity contribution in [2.75, 3.05) is 31.7 Å². The van der Waals surface area contributed by atoms with Gasteiger partial charge >= 0.3 is 5.97 Å². The summed E-state index contributed by atoms with van der Waals surface area (Å²) in [5, 5.41) is 13.0. The van der Waals surface area contributed by atoms with Gasteiger partial charge < -0.3 is 15.6 Å². The highest BCUT2D eigenvalue weighted by Crippen LogP contribution is 2.20. The van der Waals surface area contributed by atoms with Crippen LogP contribution in [-0.2, 0) is 9.53 Å². The molecule has 1 atom stereocenters. The fourth-order valence-corrected chi connectivity index (χ4v) is 2.19. The lowest BCUT2D eigenvalue weighted by Crippen LogP contribution is -2.40. The van der Waals surface area contributed by atoms with E-state index in [4.69, 9.17) is 15.6 Å². The number of nitrogens with zero attached hydrogens (tertiary/aromatic N) is 2. The number of anilines is 1. The van der Waals surface area contributed by atoms with Crippen LogP contribution in [0.5, 0.6) is 0 Å². The molecule has 0 saturated carbocycles. The highest BCUT2D eigenvalue weighted by atomic mass is 32.1. The second kappa shape index (κ2) is 5.41. The second-order valence-corrected chi connectivity index (χ2v) is 4.46. The molecular weight excluding hydrogens is 244 g/mol. The standard InChI is InChI=1S/C9H14N4O3S/c10-7(8(14)15)6-5-17-9(11-6)12-13-1-3-16-4-2-13/h5,7H,1-4,10H2,(H,11,12)(H,14,15). The van der Waals surface area contributed by atoms with Crippen molar-refractivity contribution in [3.63, 3.8) is 0 Å². The fourth-order valence-electron chi connectivity index (χ4n) is 1.42. The zero-order chi connectivity index (χ0) is 12.3. The van der Waals surface area contributed by atoms with Crippen LogP contribution in [0.15, 0.2) is 5.38 Å². The lowest BCUT2D eigenvalue weighted by molar-refractivity contribution is -0.138. The minimum Gasteiger partial charge on any atom is -0.480 e. The third-order valence-electron chi connectivity index (χ3n) is 2.37. The molecule has 0 aromatic carbocycles. The summed E-state index contributed by atoms with van der Waals surface area (Å²) in [6, 6.07) is -1.06. The van der Waals surface area contributed by atoms with Crippen LogP contribution >= 0.6 is 11.3 Å². The van der Waals surface area contributed by atoms with Crippen molar-refractivity contribution in [3.8, 4) is 0 Å². The molecule has 1 aliphatic rings. The van der Waals surface area contributed by atoms with Gasteiger partial charge in [0.1, 0.15) is 6.04 Å². The van der Waals surface area contributed by atoms with Crippen molar-refractivity contribution in [1.82, 2.24) is 9.99 Å². The van der Waals surface area contributed by atoms with E-state index in [1.165, 1.54) is 11.3 Å². The Balaban J connectivity index is 1.95. The molecular formula is C9H14N4O3S. The molecule has 0 bridgehead atoms. The van der Waals surface area contributed by atoms with Gasteiger partial charge in [0.15, 0.2) is 5.13 Å². The number of ether oxygens (including phenoxy) is 1. The molecule has 1 fully saturated rings. The first-order valence-electron chi connectivity index (χ1n) is 5.20. The Hall–Kier alpha value is -1.22. The van der Waals surface area contributed by atoms with Gasteiger partial charge in [-0.2, -0.15) is 0 Å². The summed E-state index contributed by atoms with van der Waals surface area (Å²) >= 11 is 1.34. The third-order valence-corrected chi connectivity index (χ3v) is 3.14. The number of carbonyl (C=O) groups is 1. The highest BCUT2D eigenvalue weighted by Gasteiger charge is 2.18. The summed E-state index contributed by atoms with van der Waals surface area (Å²) in [5.41, 5.74) is 8.95. The normalized spacial score (nSPS) is 18.9. The minimum absolute atomic E-state index is 0.373. The fraction of sp³-hybridized carbons (Fsp3) is 0.556. The number of morpholine rings is 1. The number of carboxylic acids is 1. The number of carboxylic acid groups (broad SMARTS) is 1. The molecule has 1 unspecified atom stereocenters. The maximum Gasteiger partial charge on any atom is 0.326 e. The Bertz CT molecular complexity index is 391. The topological polar surface area (TPSA) is 101 Å². The smallest absolute Gasteiger partial charge is 0.326 e. The summed E-state index contributed by atoms with van der Waals surface area (Å²) in [6.45, 7) is 2.92. The van der Waals surface area contributed by atoms with Gasteiger partial charge in [0.25, 0.3) is 0 Å². The van der Waals surface area contributed by atoms with Crippen molar-refractivity contribution in [2.45, 2.75) is 6.04 Å². The van der Waals surface area contributed by atoms with Crippen molar-refractivity contribution in [1.29, 1.82) is 0 Å². The van der Waals surface area contributed by atoms with E-state index in [1.807, 2.05) is 5.01 Å². The van der Waals surface area contributed by atoms with Gasteiger partial charge in [-0.15, -0.1) is 11.3 Å². The number of nitrogens with two attached hydrogens (primary N) is 1. The highest BCUT2D eigenvalue weighted by molar-refractivity contribution is 7.13. The lowest BCUT2D eigenvalue weighted by atomic mass is 10.2. The van der Waals surface area contributed by atoms with Gasteiger partial charge in [0.2, 0.25) is 0 Å². The van der Waals surface area contributed by atoms with Crippen molar-refractivity contribution >= 4 is 22.4 Å².